The number of halogens is 1. The lowest BCUT2D eigenvalue weighted by Crippen LogP contribution is -1.98. The van der Waals surface area contributed by atoms with Crippen LogP contribution in [0.25, 0.3) is 6.08 Å². The predicted octanol–water partition coefficient (Wildman–Crippen LogP) is 7.02. The highest BCUT2D eigenvalue weighted by Crippen LogP contribution is 2.36. The Balaban J connectivity index is 1.66. The Morgan fingerprint density at radius 1 is 0.861 bits per heavy atom. The van der Waals surface area contributed by atoms with E-state index in [1.165, 1.54) is 18.0 Å². The van der Waals surface area contributed by atoms with Crippen molar-refractivity contribution in [1.82, 2.24) is 0 Å². The van der Waals surface area contributed by atoms with E-state index in [1.54, 1.807) is 58.9 Å². The second kappa shape index (κ2) is 13.5. The quantitative estimate of drug-likeness (QED) is 0.136. The topological polar surface area (TPSA) is 78.0 Å². The van der Waals surface area contributed by atoms with E-state index >= 15 is 0 Å². The maximum Gasteiger partial charge on any atom is 0.187 e. The lowest BCUT2D eigenvalue weighted by molar-refractivity contribution is 0.104. The van der Waals surface area contributed by atoms with Gasteiger partial charge in [0.15, 0.2) is 5.78 Å². The fraction of sp³-hybridized carbons (Fsp3) is 0.148. The molecule has 3 rings (SSSR count). The number of carbonyl (C=O) groups is 1. The van der Waals surface area contributed by atoms with Gasteiger partial charge in [-0.1, -0.05) is 15.9 Å². The van der Waals surface area contributed by atoms with Gasteiger partial charge in [-0.15, -0.1) is 0 Å². The minimum Gasteiger partial charge on any atom is -0.496 e. The zero-order valence-electron chi connectivity index (χ0n) is 20.3. The number of anilines is 2. The molecule has 0 aliphatic carbocycles. The molecule has 0 aliphatic heterocycles. The van der Waals surface area contributed by atoms with Crippen molar-refractivity contribution in [2.75, 3.05) is 38.5 Å². The van der Waals surface area contributed by atoms with Crippen LogP contribution in [0.1, 0.15) is 15.9 Å². The molecule has 0 amide bonds. The van der Waals surface area contributed by atoms with Crippen LogP contribution in [0.15, 0.2) is 76.8 Å². The molecule has 36 heavy (non-hydrogen) atoms. The third-order valence-corrected chi connectivity index (χ3v) is 6.19. The predicted molar refractivity (Wildman–Crippen MR) is 151 cm³/mol. The van der Waals surface area contributed by atoms with Crippen molar-refractivity contribution in [2.45, 2.75) is 0 Å². The van der Waals surface area contributed by atoms with Crippen LogP contribution >= 0.6 is 27.9 Å². The average molecular weight is 571 g/mol. The van der Waals surface area contributed by atoms with Gasteiger partial charge in [-0.3, -0.25) is 4.79 Å². The minimum absolute atomic E-state index is 0.103. The average Bonchev–Trinajstić information content (AvgIpc) is 2.91. The summed E-state index contributed by atoms with van der Waals surface area (Å²) in [5.74, 6) is 2.48. The minimum atomic E-state index is -0.103. The van der Waals surface area contributed by atoms with Crippen LogP contribution in [0, 0.1) is 0 Å². The van der Waals surface area contributed by atoms with Gasteiger partial charge in [0.2, 0.25) is 0 Å². The molecule has 188 valence electrons. The largest absolute Gasteiger partial charge is 0.496 e. The Bertz CT molecular complexity index is 1220. The highest BCUT2D eigenvalue weighted by Gasteiger charge is 2.11. The Labute approximate surface area is 223 Å². The number of ketones is 1. The molecule has 0 aliphatic rings. The van der Waals surface area contributed by atoms with Gasteiger partial charge in [0.1, 0.15) is 23.0 Å². The van der Waals surface area contributed by atoms with Crippen molar-refractivity contribution < 1.29 is 23.7 Å². The third-order valence-electron chi connectivity index (χ3n) is 5.03. The Hall–Kier alpha value is -3.56. The maximum absolute atomic E-state index is 12.4. The van der Waals surface area contributed by atoms with Crippen molar-refractivity contribution in [3.05, 3.63) is 87.9 Å². The van der Waals surface area contributed by atoms with Gasteiger partial charge in [0.05, 0.1) is 39.7 Å². The zero-order valence-corrected chi connectivity index (χ0v) is 22.7. The molecule has 0 atom stereocenters. The van der Waals surface area contributed by atoms with Gasteiger partial charge in [-0.2, -0.15) is 0 Å². The van der Waals surface area contributed by atoms with Gasteiger partial charge in [-0.25, -0.2) is 0 Å². The van der Waals surface area contributed by atoms with Crippen molar-refractivity contribution in [2.24, 2.45) is 0 Å². The summed E-state index contributed by atoms with van der Waals surface area (Å²) in [6.45, 7) is 0. The van der Waals surface area contributed by atoms with Gasteiger partial charge >= 0.3 is 0 Å². The van der Waals surface area contributed by atoms with E-state index in [9.17, 15) is 4.79 Å². The molecule has 2 N–H and O–H groups in total. The summed E-state index contributed by atoms with van der Waals surface area (Å²) in [5, 5.41) is 5.02. The summed E-state index contributed by atoms with van der Waals surface area (Å²) in [6, 6.07) is 16.4. The Morgan fingerprint density at radius 2 is 1.53 bits per heavy atom. The number of hydrogen-bond acceptors (Lipinski definition) is 8. The van der Waals surface area contributed by atoms with Crippen LogP contribution in [0.5, 0.6) is 23.0 Å². The van der Waals surface area contributed by atoms with E-state index in [1.807, 2.05) is 41.8 Å². The Kier molecular flexibility index (Phi) is 10.1. The first-order valence-electron chi connectivity index (χ1n) is 10.8. The first kappa shape index (κ1) is 27.0. The molecule has 7 nitrogen and oxygen atoms in total. The SMILES string of the molecule is COc1cc(OC)c(/C=C/SNc2ccc(OC)c(N/C=C\C(=O)c3ccc(Br)cc3)c2)c(OC)c1. The molecule has 0 unspecified atom stereocenters. The third kappa shape index (κ3) is 7.22. The van der Waals surface area contributed by atoms with Gasteiger partial charge < -0.3 is 29.0 Å². The van der Waals surface area contributed by atoms with Crippen molar-refractivity contribution in [3.8, 4) is 23.0 Å². The highest BCUT2D eigenvalue weighted by molar-refractivity contribution is 9.10. The number of nitrogens with one attached hydrogen (secondary N) is 2. The Morgan fingerprint density at radius 3 is 2.14 bits per heavy atom. The van der Waals surface area contributed by atoms with E-state index < -0.39 is 0 Å². The second-order valence-electron chi connectivity index (χ2n) is 7.23. The van der Waals surface area contributed by atoms with Gasteiger partial charge in [-0.05, 0) is 65.9 Å². The number of allylic oxidation sites excluding steroid dienone is 1. The molecule has 0 saturated heterocycles. The number of carbonyl (C=O) groups excluding carboxylic acids is 1. The van der Waals surface area contributed by atoms with Crippen molar-refractivity contribution in [1.29, 1.82) is 0 Å². The monoisotopic (exact) mass is 570 g/mol. The number of ether oxygens (including phenoxy) is 4. The molecule has 0 spiro atoms. The standard InChI is InChI=1S/C27H27BrN2O5S/c1-32-21-16-26(34-3)22(27(17-21)35-4)12-14-36-30-20-9-10-25(33-2)23(15-20)29-13-11-24(31)18-5-7-19(28)8-6-18/h5-17,29-30H,1-4H3/b13-11-,14-12+. The molecule has 3 aromatic carbocycles. The van der Waals surface area contributed by atoms with Gasteiger partial charge in [0.25, 0.3) is 0 Å². The summed E-state index contributed by atoms with van der Waals surface area (Å²) in [6.07, 6.45) is 4.98. The van der Waals surface area contributed by atoms with Crippen LogP contribution in [-0.2, 0) is 0 Å². The van der Waals surface area contributed by atoms with E-state index in [-0.39, 0.29) is 5.78 Å². The maximum atomic E-state index is 12.4. The molecule has 9 heteroatoms. The molecule has 0 heterocycles. The smallest absolute Gasteiger partial charge is 0.187 e. The van der Waals surface area contributed by atoms with Gasteiger partial charge in [0, 0.05) is 40.1 Å². The summed E-state index contributed by atoms with van der Waals surface area (Å²) in [5.41, 5.74) is 2.96. The lowest BCUT2D eigenvalue weighted by atomic mass is 10.1. The molecular weight excluding hydrogens is 544 g/mol. The van der Waals surface area contributed by atoms with Crippen LogP contribution in [0.4, 0.5) is 11.4 Å². The fourth-order valence-corrected chi connectivity index (χ4v) is 4.00. The first-order chi connectivity index (χ1) is 17.5. The van der Waals surface area contributed by atoms with Crippen LogP contribution < -0.4 is 29.0 Å². The molecule has 0 radical (unpaired) electrons. The first-order valence-corrected chi connectivity index (χ1v) is 12.5. The lowest BCUT2D eigenvalue weighted by Gasteiger charge is -2.13. The van der Waals surface area contributed by atoms with Crippen molar-refractivity contribution >= 4 is 51.1 Å². The fourth-order valence-electron chi connectivity index (χ4n) is 3.20. The number of benzene rings is 3. The molecule has 0 fully saturated rings. The summed E-state index contributed by atoms with van der Waals surface area (Å²) in [4.78, 5) is 12.4. The highest BCUT2D eigenvalue weighted by atomic mass is 79.9. The van der Waals surface area contributed by atoms with Crippen LogP contribution in [0.2, 0.25) is 0 Å². The second-order valence-corrected chi connectivity index (χ2v) is 8.86. The molecule has 0 saturated carbocycles. The van der Waals surface area contributed by atoms with E-state index in [4.69, 9.17) is 18.9 Å². The summed E-state index contributed by atoms with van der Waals surface area (Å²) in [7, 11) is 6.39. The van der Waals surface area contributed by atoms with E-state index in [0.29, 0.717) is 34.2 Å². The normalized spacial score (nSPS) is 10.9. The number of rotatable bonds is 12. The zero-order chi connectivity index (χ0) is 25.9. The summed E-state index contributed by atoms with van der Waals surface area (Å²) >= 11 is 4.75. The van der Waals surface area contributed by atoms with Crippen LogP contribution in [-0.4, -0.2) is 34.2 Å². The number of hydrogen-bond donors (Lipinski definition) is 2. The number of methoxy groups -OCH3 is 4. The van der Waals surface area contributed by atoms with Crippen LogP contribution in [0.3, 0.4) is 0 Å². The molecule has 3 aromatic rings. The molecule has 0 bridgehead atoms. The summed E-state index contributed by atoms with van der Waals surface area (Å²) < 4.78 is 25.9. The molecular formula is C27H27BrN2O5S. The van der Waals surface area contributed by atoms with E-state index in [0.717, 1.165) is 15.7 Å². The van der Waals surface area contributed by atoms with E-state index in [2.05, 4.69) is 26.0 Å². The molecule has 0 aromatic heterocycles. The van der Waals surface area contributed by atoms with Crippen molar-refractivity contribution in [3.63, 3.8) is 0 Å².